The van der Waals surface area contributed by atoms with E-state index in [4.69, 9.17) is 0 Å². The van der Waals surface area contributed by atoms with Crippen LogP contribution in [0.1, 0.15) is 57.6 Å². The van der Waals surface area contributed by atoms with Crippen LogP contribution in [0.15, 0.2) is 48.5 Å². The Labute approximate surface area is 237 Å². The van der Waals surface area contributed by atoms with Crippen LogP contribution in [0.25, 0.3) is 0 Å². The van der Waals surface area contributed by atoms with E-state index in [-0.39, 0.29) is 29.6 Å². The number of nitrogens with one attached hydrogen (secondary N) is 2. The van der Waals surface area contributed by atoms with Gasteiger partial charge in [-0.3, -0.25) is 14.5 Å². The Balaban J connectivity index is 1.67. The van der Waals surface area contributed by atoms with Crippen molar-refractivity contribution in [3.05, 3.63) is 63.5 Å². The quantitative estimate of drug-likeness (QED) is 0.297. The Bertz CT molecular complexity index is 1270. The van der Waals surface area contributed by atoms with Gasteiger partial charge in [-0.05, 0) is 71.2 Å². The summed E-state index contributed by atoms with van der Waals surface area (Å²) in [4.78, 5) is 28.8. The van der Waals surface area contributed by atoms with Crippen molar-refractivity contribution in [2.24, 2.45) is 5.92 Å². The summed E-state index contributed by atoms with van der Waals surface area (Å²) in [6.45, 7) is 3.70. The Hall–Kier alpha value is -2.09. The lowest BCUT2D eigenvalue weighted by molar-refractivity contribution is -0.127. The predicted molar refractivity (Wildman–Crippen MR) is 153 cm³/mol. The molecule has 1 heterocycles. The average molecular weight is 657 g/mol. The lowest BCUT2D eigenvalue weighted by Gasteiger charge is -2.34. The van der Waals surface area contributed by atoms with Crippen LogP contribution >= 0.6 is 22.6 Å². The first-order valence-electron chi connectivity index (χ1n) is 13.0. The van der Waals surface area contributed by atoms with E-state index in [1.807, 2.05) is 26.0 Å². The van der Waals surface area contributed by atoms with Crippen molar-refractivity contribution in [3.63, 3.8) is 0 Å². The van der Waals surface area contributed by atoms with Crippen LogP contribution in [-0.4, -0.2) is 49.7 Å². The molecule has 38 heavy (non-hydrogen) atoms. The topological polar surface area (TPSA) is 98.6 Å². The van der Waals surface area contributed by atoms with Crippen LogP contribution in [0.5, 0.6) is 0 Å². The highest BCUT2D eigenvalue weighted by Gasteiger charge is 2.46. The minimum atomic E-state index is -3.88. The number of anilines is 1. The number of benzene rings is 2. The van der Waals surface area contributed by atoms with Crippen LogP contribution < -0.4 is 14.9 Å². The molecule has 1 aliphatic heterocycles. The molecule has 2 amide bonds. The van der Waals surface area contributed by atoms with Crippen molar-refractivity contribution in [2.75, 3.05) is 18.0 Å². The highest BCUT2D eigenvalue weighted by atomic mass is 127. The second kappa shape index (κ2) is 12.4. The molecule has 3 atom stereocenters. The first kappa shape index (κ1) is 28.9. The van der Waals surface area contributed by atoms with Crippen molar-refractivity contribution in [1.29, 1.82) is 0 Å². The molecule has 0 spiro atoms. The Morgan fingerprint density at radius 2 is 1.82 bits per heavy atom. The van der Waals surface area contributed by atoms with E-state index in [0.29, 0.717) is 12.1 Å². The molecule has 0 radical (unpaired) electrons. The number of carbonyl (C=O) groups is 2. The highest BCUT2D eigenvalue weighted by molar-refractivity contribution is 14.1. The summed E-state index contributed by atoms with van der Waals surface area (Å²) in [5.41, 5.74) is 0.747. The summed E-state index contributed by atoms with van der Waals surface area (Å²) in [7, 11) is -3.88. The number of rotatable bonds is 10. The zero-order chi connectivity index (χ0) is 27.4. The monoisotopic (exact) mass is 656 g/mol. The highest BCUT2D eigenvalue weighted by Crippen LogP contribution is 2.32. The van der Waals surface area contributed by atoms with Crippen molar-refractivity contribution in [2.45, 2.75) is 64.1 Å². The summed E-state index contributed by atoms with van der Waals surface area (Å²) in [6.07, 6.45) is 4.85. The van der Waals surface area contributed by atoms with Crippen LogP contribution in [0, 0.1) is 15.3 Å². The van der Waals surface area contributed by atoms with Gasteiger partial charge in [0.05, 0.1) is 6.54 Å². The van der Waals surface area contributed by atoms with E-state index in [1.165, 1.54) is 27.4 Å². The molecule has 1 aliphatic carbocycles. The van der Waals surface area contributed by atoms with Gasteiger partial charge in [0.1, 0.15) is 11.9 Å². The molecule has 4 rings (SSSR count). The summed E-state index contributed by atoms with van der Waals surface area (Å²) in [5.74, 6) is -1.46. The molecule has 1 saturated heterocycles. The van der Waals surface area contributed by atoms with Crippen LogP contribution in [0.3, 0.4) is 0 Å². The minimum absolute atomic E-state index is 0.0151. The molecule has 8 nitrogen and oxygen atoms in total. The number of nitrogens with zero attached hydrogens (tertiary/aromatic N) is 2. The number of hydrogen-bond acceptors (Lipinski definition) is 4. The minimum Gasteiger partial charge on any atom is -0.351 e. The Kier molecular flexibility index (Phi) is 9.43. The van der Waals surface area contributed by atoms with Gasteiger partial charge in [0.25, 0.3) is 10.2 Å². The molecular formula is C27H34FIN4O4S. The average Bonchev–Trinajstić information content (AvgIpc) is 3.70. The molecule has 2 N–H and O–H groups in total. The molecule has 0 aromatic heterocycles. The molecule has 0 bridgehead atoms. The maximum Gasteiger partial charge on any atom is 0.280 e. The molecule has 206 valence electrons. The zero-order valence-electron chi connectivity index (χ0n) is 21.6. The molecule has 1 unspecified atom stereocenters. The SMILES string of the molecule is CC(C)[C@@H]1CN1S(=O)(=O)NCC(=O)N(c1cccc(F)c1)[C@@H](C(=O)NC1CCCCC1)c1ccccc1I. The third kappa shape index (κ3) is 6.91. The van der Waals surface area contributed by atoms with E-state index in [0.717, 1.165) is 35.7 Å². The van der Waals surface area contributed by atoms with Gasteiger partial charge < -0.3 is 5.32 Å². The Morgan fingerprint density at radius 1 is 1.11 bits per heavy atom. The normalized spacial score (nSPS) is 20.7. The lowest BCUT2D eigenvalue weighted by atomic mass is 9.94. The number of carbonyl (C=O) groups excluding carboxylic acids is 2. The molecular weight excluding hydrogens is 622 g/mol. The van der Waals surface area contributed by atoms with Gasteiger partial charge in [-0.1, -0.05) is 57.4 Å². The van der Waals surface area contributed by atoms with Crippen molar-refractivity contribution in [1.82, 2.24) is 14.3 Å². The van der Waals surface area contributed by atoms with E-state index in [1.54, 1.807) is 18.2 Å². The lowest BCUT2D eigenvalue weighted by Crippen LogP contribution is -2.50. The van der Waals surface area contributed by atoms with Crippen LogP contribution in [-0.2, 0) is 19.8 Å². The van der Waals surface area contributed by atoms with Crippen molar-refractivity contribution >= 4 is 50.3 Å². The van der Waals surface area contributed by atoms with Crippen molar-refractivity contribution in [3.8, 4) is 0 Å². The third-order valence-electron chi connectivity index (χ3n) is 7.10. The number of amides is 2. The summed E-state index contributed by atoms with van der Waals surface area (Å²) < 4.78 is 44.5. The smallest absolute Gasteiger partial charge is 0.280 e. The molecule has 2 aliphatic rings. The van der Waals surface area contributed by atoms with Crippen molar-refractivity contribution < 1.29 is 22.4 Å². The molecule has 1 saturated carbocycles. The summed E-state index contributed by atoms with van der Waals surface area (Å²) >= 11 is 2.11. The summed E-state index contributed by atoms with van der Waals surface area (Å²) in [6, 6.07) is 11.4. The first-order chi connectivity index (χ1) is 18.1. The van der Waals surface area contributed by atoms with E-state index in [2.05, 4.69) is 32.6 Å². The van der Waals surface area contributed by atoms with Gasteiger partial charge in [0.15, 0.2) is 0 Å². The van der Waals surface area contributed by atoms with Gasteiger partial charge >= 0.3 is 0 Å². The molecule has 2 aromatic rings. The summed E-state index contributed by atoms with van der Waals surface area (Å²) in [5, 5.41) is 3.11. The van der Waals surface area contributed by atoms with Gasteiger partial charge in [0, 0.05) is 27.9 Å². The standard InChI is InChI=1S/C27H34FIN4O4S/c1-18(2)24-17-32(24)38(36,37)30-16-25(34)33(21-12-8-9-19(28)15-21)26(22-13-6-7-14-23(22)29)27(35)31-20-10-4-3-5-11-20/h6-9,12-15,18,20,24,26,30H,3-5,10-11,16-17H2,1-2H3,(H,31,35)/t24-,26+,32?/m0/s1. The van der Waals surface area contributed by atoms with Gasteiger partial charge in [-0.25, -0.2) is 4.39 Å². The predicted octanol–water partition coefficient (Wildman–Crippen LogP) is 4.13. The third-order valence-corrected chi connectivity index (χ3v) is 9.63. The van der Waals surface area contributed by atoms with E-state index < -0.39 is 34.5 Å². The largest absolute Gasteiger partial charge is 0.351 e. The second-order valence-corrected chi connectivity index (χ2v) is 13.1. The first-order valence-corrected chi connectivity index (χ1v) is 15.5. The molecule has 2 aromatic carbocycles. The fourth-order valence-electron chi connectivity index (χ4n) is 4.96. The van der Waals surface area contributed by atoms with Crippen LogP contribution in [0.4, 0.5) is 10.1 Å². The fourth-order valence-corrected chi connectivity index (χ4v) is 7.07. The maximum absolute atomic E-state index is 14.4. The molecule has 11 heteroatoms. The second-order valence-electron chi connectivity index (χ2n) is 10.2. The zero-order valence-corrected chi connectivity index (χ0v) is 24.5. The molecule has 2 fully saturated rings. The van der Waals surface area contributed by atoms with Crippen LogP contribution in [0.2, 0.25) is 0 Å². The number of hydrogen-bond donors (Lipinski definition) is 2. The van der Waals surface area contributed by atoms with Gasteiger partial charge in [0.2, 0.25) is 11.8 Å². The Morgan fingerprint density at radius 3 is 2.45 bits per heavy atom. The van der Waals surface area contributed by atoms with E-state index in [9.17, 15) is 22.4 Å². The van der Waals surface area contributed by atoms with E-state index >= 15 is 0 Å². The fraction of sp³-hybridized carbons (Fsp3) is 0.481. The van der Waals surface area contributed by atoms with Gasteiger partial charge in [-0.2, -0.15) is 17.4 Å². The number of halogens is 2. The maximum atomic E-state index is 14.4. The van der Waals surface area contributed by atoms with Gasteiger partial charge in [-0.15, -0.1) is 0 Å².